The van der Waals surface area contributed by atoms with Crippen LogP contribution in [-0.4, -0.2) is 70.2 Å². The van der Waals surface area contributed by atoms with Gasteiger partial charge in [0.25, 0.3) is 0 Å². The molecule has 2 saturated heterocycles. The van der Waals surface area contributed by atoms with E-state index in [-0.39, 0.29) is 12.1 Å². The predicted octanol–water partition coefficient (Wildman–Crippen LogP) is 7.43. The van der Waals surface area contributed by atoms with Crippen molar-refractivity contribution in [2.45, 2.75) is 70.8 Å². The molecule has 1 N–H and O–H groups in total. The van der Waals surface area contributed by atoms with Crippen molar-refractivity contribution in [3.63, 3.8) is 0 Å². The number of urea groups is 1. The number of carbonyl (C=O) groups is 2. The average molecular weight is 578 g/mol. The average Bonchev–Trinajstić information content (AvgIpc) is 3.70. The third kappa shape index (κ3) is 6.03. The Balaban J connectivity index is 1.10. The standard InChI is InChI=1S/C32H40ClN5O3/c1-32(2,3)41-31(40)37-16-11-21(12-17-37)10-15-36-13-5-14-38(30(36)39)24-7-4-6-23(18-24)26-20-35-29-27(28(26)33)25(19-34-29)22-8-9-22/h4,6-7,18-22H,5,8-17H2,1-3H3,(H,34,35). The van der Waals surface area contributed by atoms with E-state index in [2.05, 4.69) is 16.0 Å². The minimum absolute atomic E-state index is 0.0564. The smallest absolute Gasteiger partial charge is 0.410 e. The highest BCUT2D eigenvalue weighted by molar-refractivity contribution is 6.38. The Kier molecular flexibility index (Phi) is 7.62. The molecular formula is C32H40ClN5O3. The molecule has 9 heteroatoms. The van der Waals surface area contributed by atoms with Crippen LogP contribution in [0, 0.1) is 5.92 Å². The lowest BCUT2D eigenvalue weighted by Gasteiger charge is -2.37. The summed E-state index contributed by atoms with van der Waals surface area (Å²) in [6.07, 6.45) is 9.80. The second-order valence-corrected chi connectivity index (χ2v) is 13.1. The summed E-state index contributed by atoms with van der Waals surface area (Å²) in [5.74, 6) is 1.07. The van der Waals surface area contributed by atoms with E-state index < -0.39 is 5.60 Å². The van der Waals surface area contributed by atoms with Gasteiger partial charge in [-0.25, -0.2) is 14.6 Å². The third-order valence-corrected chi connectivity index (χ3v) is 8.93. The van der Waals surface area contributed by atoms with E-state index in [0.29, 0.717) is 31.5 Å². The van der Waals surface area contributed by atoms with Gasteiger partial charge in [0, 0.05) is 61.8 Å². The molecule has 0 bridgehead atoms. The first kappa shape index (κ1) is 27.9. The summed E-state index contributed by atoms with van der Waals surface area (Å²) in [5, 5.41) is 1.74. The molecule has 218 valence electrons. The largest absolute Gasteiger partial charge is 0.444 e. The first-order chi connectivity index (χ1) is 19.7. The number of hydrogen-bond acceptors (Lipinski definition) is 4. The number of fused-ring (bicyclic) bond motifs is 1. The molecule has 1 aromatic carbocycles. The zero-order valence-electron chi connectivity index (χ0n) is 24.3. The number of ether oxygens (including phenoxy) is 1. The van der Waals surface area contributed by atoms with Gasteiger partial charge in [-0.1, -0.05) is 23.7 Å². The Morgan fingerprint density at radius 3 is 2.63 bits per heavy atom. The highest BCUT2D eigenvalue weighted by Gasteiger charge is 2.31. The Bertz CT molecular complexity index is 1430. The lowest BCUT2D eigenvalue weighted by Crippen LogP contribution is -2.50. The van der Waals surface area contributed by atoms with Crippen molar-refractivity contribution in [1.29, 1.82) is 0 Å². The van der Waals surface area contributed by atoms with E-state index in [0.717, 1.165) is 71.6 Å². The van der Waals surface area contributed by atoms with Gasteiger partial charge in [-0.2, -0.15) is 0 Å². The summed E-state index contributed by atoms with van der Waals surface area (Å²) in [5.41, 5.74) is 4.35. The number of H-pyrrole nitrogens is 1. The monoisotopic (exact) mass is 577 g/mol. The van der Waals surface area contributed by atoms with Crippen LogP contribution in [0.15, 0.2) is 36.7 Å². The van der Waals surface area contributed by atoms with Crippen molar-refractivity contribution in [3.05, 3.63) is 47.2 Å². The number of benzene rings is 1. The van der Waals surface area contributed by atoms with E-state index in [1.165, 1.54) is 18.4 Å². The Morgan fingerprint density at radius 1 is 1.12 bits per heavy atom. The van der Waals surface area contributed by atoms with Gasteiger partial charge in [0.15, 0.2) is 0 Å². The van der Waals surface area contributed by atoms with Crippen molar-refractivity contribution >= 4 is 40.4 Å². The molecule has 2 aliphatic heterocycles. The molecule has 6 rings (SSSR count). The van der Waals surface area contributed by atoms with Crippen molar-refractivity contribution in [3.8, 4) is 11.1 Å². The molecule has 1 saturated carbocycles. The first-order valence-corrected chi connectivity index (χ1v) is 15.4. The minimum Gasteiger partial charge on any atom is -0.444 e. The number of hydrogen-bond donors (Lipinski definition) is 1. The quantitative estimate of drug-likeness (QED) is 0.330. The van der Waals surface area contributed by atoms with Gasteiger partial charge >= 0.3 is 12.1 Å². The van der Waals surface area contributed by atoms with Crippen molar-refractivity contribution in [2.24, 2.45) is 5.92 Å². The number of nitrogens with one attached hydrogen (secondary N) is 1. The number of aromatic nitrogens is 2. The van der Waals surface area contributed by atoms with Crippen LogP contribution in [0.1, 0.15) is 70.8 Å². The van der Waals surface area contributed by atoms with Crippen LogP contribution in [0.4, 0.5) is 15.3 Å². The van der Waals surface area contributed by atoms with Gasteiger partial charge in [0.2, 0.25) is 0 Å². The SMILES string of the molecule is CC(C)(C)OC(=O)N1CCC(CCN2CCCN(c3cccc(-c4cnc5[nH]cc(C6CC6)c5c4Cl)c3)C2=O)CC1. The van der Waals surface area contributed by atoms with Crippen LogP contribution < -0.4 is 4.90 Å². The third-order valence-electron chi connectivity index (χ3n) is 8.54. The second-order valence-electron chi connectivity index (χ2n) is 12.8. The van der Waals surface area contributed by atoms with Crippen LogP contribution in [0.2, 0.25) is 5.02 Å². The zero-order valence-corrected chi connectivity index (χ0v) is 25.0. The lowest BCUT2D eigenvalue weighted by atomic mass is 9.93. The molecule has 3 aromatic rings. The fraction of sp³-hybridized carbons (Fsp3) is 0.531. The van der Waals surface area contributed by atoms with Gasteiger partial charge in [-0.05, 0) is 94.4 Å². The summed E-state index contributed by atoms with van der Waals surface area (Å²) < 4.78 is 5.53. The highest BCUT2D eigenvalue weighted by atomic mass is 35.5. The number of likely N-dealkylation sites (tertiary alicyclic amines) is 1. The van der Waals surface area contributed by atoms with Crippen LogP contribution in [-0.2, 0) is 4.74 Å². The highest BCUT2D eigenvalue weighted by Crippen LogP contribution is 2.46. The van der Waals surface area contributed by atoms with Crippen LogP contribution in [0.5, 0.6) is 0 Å². The molecule has 2 aromatic heterocycles. The van der Waals surface area contributed by atoms with Crippen molar-refractivity contribution in [2.75, 3.05) is 37.6 Å². The molecule has 0 unspecified atom stereocenters. The van der Waals surface area contributed by atoms with E-state index in [1.807, 2.05) is 66.1 Å². The van der Waals surface area contributed by atoms with Crippen LogP contribution >= 0.6 is 11.6 Å². The maximum atomic E-state index is 13.6. The van der Waals surface area contributed by atoms with Gasteiger partial charge in [-0.3, -0.25) is 4.90 Å². The van der Waals surface area contributed by atoms with E-state index in [4.69, 9.17) is 16.3 Å². The molecule has 1 aliphatic carbocycles. The van der Waals surface area contributed by atoms with Crippen LogP contribution in [0.3, 0.4) is 0 Å². The summed E-state index contributed by atoms with van der Waals surface area (Å²) in [7, 11) is 0. The molecule has 0 spiro atoms. The number of aromatic amines is 1. The summed E-state index contributed by atoms with van der Waals surface area (Å²) in [6.45, 7) is 9.30. The number of amides is 3. The number of halogens is 1. The topological polar surface area (TPSA) is 81.8 Å². The van der Waals surface area contributed by atoms with E-state index >= 15 is 0 Å². The number of nitrogens with zero attached hydrogens (tertiary/aromatic N) is 4. The molecule has 4 heterocycles. The molecule has 3 aliphatic rings. The van der Waals surface area contributed by atoms with Gasteiger partial charge < -0.3 is 19.5 Å². The normalized spacial score (nSPS) is 18.8. The number of piperidine rings is 1. The van der Waals surface area contributed by atoms with Crippen molar-refractivity contribution in [1.82, 2.24) is 19.8 Å². The number of anilines is 1. The molecule has 0 atom stereocenters. The van der Waals surface area contributed by atoms with Gasteiger partial charge in [-0.15, -0.1) is 0 Å². The fourth-order valence-corrected chi connectivity index (χ4v) is 6.49. The maximum Gasteiger partial charge on any atom is 0.410 e. The van der Waals surface area contributed by atoms with Gasteiger partial charge in [0.1, 0.15) is 11.2 Å². The fourth-order valence-electron chi connectivity index (χ4n) is 6.14. The summed E-state index contributed by atoms with van der Waals surface area (Å²) in [4.78, 5) is 39.6. The Morgan fingerprint density at radius 2 is 1.90 bits per heavy atom. The molecule has 8 nitrogen and oxygen atoms in total. The molecule has 0 radical (unpaired) electrons. The predicted molar refractivity (Wildman–Crippen MR) is 163 cm³/mol. The minimum atomic E-state index is -0.480. The van der Waals surface area contributed by atoms with Gasteiger partial charge in [0.05, 0.1) is 5.02 Å². The summed E-state index contributed by atoms with van der Waals surface area (Å²) >= 11 is 6.98. The number of pyridine rings is 1. The van der Waals surface area contributed by atoms with Crippen LogP contribution in [0.25, 0.3) is 22.2 Å². The first-order valence-electron chi connectivity index (χ1n) is 15.0. The number of carbonyl (C=O) groups excluding carboxylic acids is 2. The zero-order chi connectivity index (χ0) is 28.7. The Hall–Kier alpha value is -3.26. The maximum absolute atomic E-state index is 13.6. The van der Waals surface area contributed by atoms with Crippen molar-refractivity contribution < 1.29 is 14.3 Å². The number of rotatable bonds is 6. The molecule has 3 amide bonds. The molecule has 41 heavy (non-hydrogen) atoms. The van der Waals surface area contributed by atoms with E-state index in [1.54, 1.807) is 0 Å². The Labute approximate surface area is 247 Å². The summed E-state index contributed by atoms with van der Waals surface area (Å²) in [6, 6.07) is 8.15. The molecular weight excluding hydrogens is 538 g/mol. The van der Waals surface area contributed by atoms with E-state index in [9.17, 15) is 9.59 Å². The lowest BCUT2D eigenvalue weighted by molar-refractivity contribution is 0.0179. The second kappa shape index (κ2) is 11.2. The molecule has 3 fully saturated rings.